The van der Waals surface area contributed by atoms with Crippen LogP contribution in [0.5, 0.6) is 5.75 Å². The van der Waals surface area contributed by atoms with E-state index in [-0.39, 0.29) is 29.5 Å². The van der Waals surface area contributed by atoms with Gasteiger partial charge in [-0.2, -0.15) is 18.4 Å². The van der Waals surface area contributed by atoms with Gasteiger partial charge in [-0.3, -0.25) is 20.2 Å². The Morgan fingerprint density at radius 1 is 1.29 bits per heavy atom. The molecule has 0 radical (unpaired) electrons. The average Bonchev–Trinajstić information content (AvgIpc) is 3.55. The second kappa shape index (κ2) is 12.8. The second-order valence-corrected chi connectivity index (χ2v) is 8.74. The Kier molecular flexibility index (Phi) is 9.47. The summed E-state index contributed by atoms with van der Waals surface area (Å²) >= 11 is 0. The standard InChI is InChI=1S/C23H22N6O5.C2HF3O2/c24-12-15-4-3-9-28(15)22(30)18(25)10-14-13-26-19-8-7-16(11-17(14)19)34-23(31)27-20-5-1-2-6-21(20)29(32)33;3-2(4,5)1(6)7/h1-2,5-8,11,13,15,18,26H,3-4,9-10,25H2,(H,27,31);(H,6,7)/t15-,18-;/m0./s1. The van der Waals surface area contributed by atoms with Gasteiger partial charge in [-0.05, 0) is 49.1 Å². The molecule has 13 nitrogen and oxygen atoms in total. The van der Waals surface area contributed by atoms with Gasteiger partial charge in [0.05, 0.1) is 17.0 Å². The zero-order valence-electron chi connectivity index (χ0n) is 21.1. The van der Waals surface area contributed by atoms with Gasteiger partial charge in [0, 0.05) is 29.7 Å². The Balaban J connectivity index is 0.000000587. The van der Waals surface area contributed by atoms with E-state index in [0.29, 0.717) is 13.0 Å². The van der Waals surface area contributed by atoms with Crippen molar-refractivity contribution in [1.29, 1.82) is 5.26 Å². The highest BCUT2D eigenvalue weighted by molar-refractivity contribution is 5.91. The number of rotatable bonds is 6. The molecule has 1 aliphatic rings. The first-order valence-electron chi connectivity index (χ1n) is 11.9. The van der Waals surface area contributed by atoms with Crippen molar-refractivity contribution in [2.24, 2.45) is 5.73 Å². The van der Waals surface area contributed by atoms with E-state index in [1.165, 1.54) is 23.1 Å². The third kappa shape index (κ3) is 7.70. The van der Waals surface area contributed by atoms with Crippen LogP contribution in [0.4, 0.5) is 29.3 Å². The number of fused-ring (bicyclic) bond motifs is 1. The number of nitro benzene ring substituents is 1. The number of hydrogen-bond donors (Lipinski definition) is 4. The maximum atomic E-state index is 12.8. The smallest absolute Gasteiger partial charge is 0.475 e. The van der Waals surface area contributed by atoms with Crippen LogP contribution >= 0.6 is 0 Å². The molecule has 216 valence electrons. The number of carboxylic acid groups (broad SMARTS) is 1. The Labute approximate surface area is 229 Å². The lowest BCUT2D eigenvalue weighted by atomic mass is 10.0. The summed E-state index contributed by atoms with van der Waals surface area (Å²) in [4.78, 5) is 49.1. The van der Waals surface area contributed by atoms with E-state index in [9.17, 15) is 38.1 Å². The highest BCUT2D eigenvalue weighted by Crippen LogP contribution is 2.27. The minimum absolute atomic E-state index is 0.0167. The van der Waals surface area contributed by atoms with Gasteiger partial charge in [-0.1, -0.05) is 12.1 Å². The number of H-pyrrole nitrogens is 1. The lowest BCUT2D eigenvalue weighted by Gasteiger charge is -2.23. The van der Waals surface area contributed by atoms with Gasteiger partial charge in [0.2, 0.25) is 5.91 Å². The highest BCUT2D eigenvalue weighted by atomic mass is 19.4. The van der Waals surface area contributed by atoms with E-state index in [4.69, 9.17) is 20.4 Å². The molecule has 4 rings (SSSR count). The fraction of sp³-hybridized carbons (Fsp3) is 0.280. The molecule has 1 fully saturated rings. The summed E-state index contributed by atoms with van der Waals surface area (Å²) in [6.07, 6.45) is -2.57. The van der Waals surface area contributed by atoms with Gasteiger partial charge in [-0.15, -0.1) is 0 Å². The largest absolute Gasteiger partial charge is 0.490 e. The number of nitro groups is 1. The molecule has 0 spiro atoms. The van der Waals surface area contributed by atoms with Gasteiger partial charge in [-0.25, -0.2) is 9.59 Å². The van der Waals surface area contributed by atoms with Crippen LogP contribution in [0.15, 0.2) is 48.7 Å². The predicted octanol–water partition coefficient (Wildman–Crippen LogP) is 3.70. The van der Waals surface area contributed by atoms with Gasteiger partial charge >= 0.3 is 18.2 Å². The number of benzene rings is 2. The number of alkyl halides is 3. The van der Waals surface area contributed by atoms with E-state index >= 15 is 0 Å². The number of nitrogens with two attached hydrogens (primary N) is 1. The summed E-state index contributed by atoms with van der Waals surface area (Å²) in [5.74, 6) is -2.81. The summed E-state index contributed by atoms with van der Waals surface area (Å²) < 4.78 is 37.1. The Hall–Kier alpha value is -5.17. The quantitative estimate of drug-likeness (QED) is 0.249. The molecule has 0 saturated carbocycles. The number of carbonyl (C=O) groups is 3. The molecule has 2 aromatic carbocycles. The summed E-state index contributed by atoms with van der Waals surface area (Å²) in [5, 5.41) is 30.6. The summed E-state index contributed by atoms with van der Waals surface area (Å²) in [7, 11) is 0. The van der Waals surface area contributed by atoms with Crippen molar-refractivity contribution >= 4 is 40.2 Å². The molecule has 16 heteroatoms. The van der Waals surface area contributed by atoms with Crippen molar-refractivity contribution in [3.63, 3.8) is 0 Å². The monoisotopic (exact) mass is 576 g/mol. The summed E-state index contributed by atoms with van der Waals surface area (Å²) in [6.45, 7) is 0.519. The molecule has 41 heavy (non-hydrogen) atoms. The lowest BCUT2D eigenvalue weighted by molar-refractivity contribution is -0.383. The van der Waals surface area contributed by atoms with E-state index < -0.39 is 35.2 Å². The van der Waals surface area contributed by atoms with Crippen molar-refractivity contribution in [2.45, 2.75) is 37.5 Å². The molecule has 5 N–H and O–H groups in total. The molecular weight excluding hydrogens is 553 g/mol. The number of para-hydroxylation sites is 2. The zero-order chi connectivity index (χ0) is 30.3. The molecule has 3 aromatic rings. The van der Waals surface area contributed by atoms with Crippen LogP contribution in [0.2, 0.25) is 0 Å². The molecule has 0 bridgehead atoms. The molecule has 1 aromatic heterocycles. The number of nitrogens with zero attached hydrogens (tertiary/aromatic N) is 3. The van der Waals surface area contributed by atoms with Gasteiger partial charge in [0.15, 0.2) is 0 Å². The van der Waals surface area contributed by atoms with Gasteiger partial charge < -0.3 is 25.5 Å². The number of aliphatic carboxylic acids is 1. The summed E-state index contributed by atoms with van der Waals surface area (Å²) in [5.41, 5.74) is 7.46. The SMILES string of the molecule is N#C[C@@H]1CCCN1C(=O)[C@@H](N)Cc1c[nH]c2ccc(OC(=O)Nc3ccccc3[N+](=O)[O-])cc12.O=C(O)C(F)(F)F. The zero-order valence-corrected chi connectivity index (χ0v) is 21.1. The predicted molar refractivity (Wildman–Crippen MR) is 137 cm³/mol. The molecule has 0 unspecified atom stereocenters. The first-order chi connectivity index (χ1) is 19.3. The average molecular weight is 576 g/mol. The Morgan fingerprint density at radius 2 is 1.98 bits per heavy atom. The number of carbonyl (C=O) groups excluding carboxylic acids is 2. The first-order valence-corrected chi connectivity index (χ1v) is 11.9. The third-order valence-corrected chi connectivity index (χ3v) is 5.97. The maximum absolute atomic E-state index is 12.8. The van der Waals surface area contributed by atoms with E-state index in [1.54, 1.807) is 30.5 Å². The normalized spacial score (nSPS) is 15.3. The Morgan fingerprint density at radius 3 is 2.61 bits per heavy atom. The minimum atomic E-state index is -5.08. The maximum Gasteiger partial charge on any atom is 0.490 e. The third-order valence-electron chi connectivity index (χ3n) is 5.97. The number of halogens is 3. The van der Waals surface area contributed by atoms with Crippen molar-refractivity contribution in [1.82, 2.24) is 9.88 Å². The number of amides is 2. The Bertz CT molecular complexity index is 1500. The molecule has 2 atom stereocenters. The first kappa shape index (κ1) is 30.4. The molecule has 1 saturated heterocycles. The number of ether oxygens (including phenoxy) is 1. The summed E-state index contributed by atoms with van der Waals surface area (Å²) in [6, 6.07) is 11.5. The topological polar surface area (TPSA) is 205 Å². The minimum Gasteiger partial charge on any atom is -0.475 e. The lowest BCUT2D eigenvalue weighted by Crippen LogP contribution is -2.46. The number of hydrogen-bond acceptors (Lipinski definition) is 8. The number of carboxylic acids is 1. The number of anilines is 1. The number of likely N-dealkylation sites (tertiary alicyclic amines) is 1. The van der Waals surface area contributed by atoms with Crippen molar-refractivity contribution < 1.29 is 42.3 Å². The van der Waals surface area contributed by atoms with Crippen LogP contribution in [0.1, 0.15) is 18.4 Å². The molecule has 1 aliphatic heterocycles. The molecule has 2 amide bonds. The van der Waals surface area contributed by atoms with Crippen molar-refractivity contribution in [3.8, 4) is 11.8 Å². The second-order valence-electron chi connectivity index (χ2n) is 8.74. The van der Waals surface area contributed by atoms with Crippen LogP contribution < -0.4 is 15.8 Å². The number of nitrogens with one attached hydrogen (secondary N) is 2. The number of nitriles is 1. The van der Waals surface area contributed by atoms with E-state index in [0.717, 1.165) is 22.9 Å². The fourth-order valence-corrected chi connectivity index (χ4v) is 4.07. The fourth-order valence-electron chi connectivity index (χ4n) is 4.07. The van der Waals surface area contributed by atoms with Gasteiger partial charge in [0.25, 0.3) is 5.69 Å². The van der Waals surface area contributed by atoms with E-state index in [1.807, 2.05) is 0 Å². The van der Waals surface area contributed by atoms with Crippen LogP contribution in [0, 0.1) is 21.4 Å². The molecule has 0 aliphatic carbocycles. The molecular formula is C25H23F3N6O7. The van der Waals surface area contributed by atoms with Crippen LogP contribution in [0.3, 0.4) is 0 Å². The van der Waals surface area contributed by atoms with Crippen LogP contribution in [-0.4, -0.2) is 62.7 Å². The van der Waals surface area contributed by atoms with Crippen LogP contribution in [0.25, 0.3) is 10.9 Å². The number of aromatic amines is 1. The van der Waals surface area contributed by atoms with Gasteiger partial charge in [0.1, 0.15) is 17.5 Å². The van der Waals surface area contributed by atoms with Crippen molar-refractivity contribution in [2.75, 3.05) is 11.9 Å². The molecule has 2 heterocycles. The highest BCUT2D eigenvalue weighted by Gasteiger charge is 2.38. The van der Waals surface area contributed by atoms with Crippen molar-refractivity contribution in [3.05, 3.63) is 64.3 Å². The van der Waals surface area contributed by atoms with E-state index in [2.05, 4.69) is 16.4 Å². The number of aromatic nitrogens is 1. The van der Waals surface area contributed by atoms with Crippen LogP contribution in [-0.2, 0) is 16.0 Å².